The van der Waals surface area contributed by atoms with E-state index in [1.54, 1.807) is 0 Å². The normalized spacial score (nSPS) is 23.6. The van der Waals surface area contributed by atoms with Crippen LogP contribution in [0.2, 0.25) is 0 Å². The lowest BCUT2D eigenvalue weighted by Gasteiger charge is -2.43. The first-order chi connectivity index (χ1) is 16.6. The lowest BCUT2D eigenvalue weighted by atomic mass is 10.0. The van der Waals surface area contributed by atoms with Crippen molar-refractivity contribution in [2.24, 2.45) is 0 Å². The molecule has 0 saturated carbocycles. The third kappa shape index (κ3) is 9.35. The summed E-state index contributed by atoms with van der Waals surface area (Å²) >= 11 is 0. The highest BCUT2D eigenvalue weighted by molar-refractivity contribution is 5.91. The van der Waals surface area contributed by atoms with Gasteiger partial charge in [0, 0.05) is 37.8 Å². The van der Waals surface area contributed by atoms with Gasteiger partial charge in [0.15, 0.2) is 6.10 Å². The summed E-state index contributed by atoms with van der Waals surface area (Å²) in [5.74, 6) is -5.06. The number of rotatable bonds is 11. The van der Waals surface area contributed by atoms with Gasteiger partial charge in [0.1, 0.15) is 0 Å². The van der Waals surface area contributed by atoms with E-state index in [0.29, 0.717) is 0 Å². The molecule has 0 amide bonds. The highest BCUT2D eigenvalue weighted by Gasteiger charge is 2.55. The molecule has 1 heterocycles. The Kier molecular flexibility index (Phi) is 12.4. The largest absolute Gasteiger partial charge is 0.466 e. The molecule has 0 aromatic heterocycles. The quantitative estimate of drug-likeness (QED) is 0.222. The average Bonchev–Trinajstić information content (AvgIpc) is 2.85. The molecule has 0 N–H and O–H groups in total. The van der Waals surface area contributed by atoms with Crippen molar-refractivity contribution in [3.63, 3.8) is 0 Å². The molecule has 35 heavy (non-hydrogen) atoms. The van der Waals surface area contributed by atoms with E-state index in [2.05, 4.69) is 4.74 Å². The van der Waals surface area contributed by atoms with Gasteiger partial charge in [0.25, 0.3) is 0 Å². The van der Waals surface area contributed by atoms with Crippen LogP contribution in [-0.4, -0.2) is 73.8 Å². The first kappa shape index (κ1) is 29.6. The van der Waals surface area contributed by atoms with Crippen LogP contribution in [0.5, 0.6) is 0 Å². The van der Waals surface area contributed by atoms with E-state index in [1.807, 2.05) is 0 Å². The van der Waals surface area contributed by atoms with Crippen LogP contribution in [0.1, 0.15) is 53.4 Å². The maximum Gasteiger partial charge on any atom is 0.333 e. The van der Waals surface area contributed by atoms with Gasteiger partial charge in [-0.25, -0.2) is 9.59 Å². The van der Waals surface area contributed by atoms with Gasteiger partial charge in [-0.15, -0.1) is 0 Å². The zero-order chi connectivity index (χ0) is 26.5. The lowest BCUT2D eigenvalue weighted by molar-refractivity contribution is -0.337. The van der Waals surface area contributed by atoms with Crippen LogP contribution in [0, 0.1) is 0 Å². The minimum atomic E-state index is -1.78. The molecule has 1 fully saturated rings. The minimum Gasteiger partial charge on any atom is -0.466 e. The number of hydrogen-bond donors (Lipinski definition) is 0. The molecule has 0 aromatic carbocycles. The fourth-order valence-corrected chi connectivity index (χ4v) is 2.63. The summed E-state index contributed by atoms with van der Waals surface area (Å²) in [6, 6.07) is 0. The van der Waals surface area contributed by atoms with E-state index in [4.69, 9.17) is 28.4 Å². The molecule has 0 aromatic rings. The number of esters is 6. The van der Waals surface area contributed by atoms with Crippen LogP contribution in [0.4, 0.5) is 0 Å². The first-order valence-corrected chi connectivity index (χ1v) is 11.0. The molecule has 13 heteroatoms. The molecular weight excluding hydrogens is 472 g/mol. The van der Waals surface area contributed by atoms with Crippen molar-refractivity contribution >= 4 is 35.8 Å². The smallest absolute Gasteiger partial charge is 0.333 e. The fraction of sp³-hybridized carbons (Fsp3) is 0.636. The van der Waals surface area contributed by atoms with E-state index in [1.165, 1.54) is 27.7 Å². The number of carbonyl (C=O) groups excluding carboxylic acids is 6. The van der Waals surface area contributed by atoms with Crippen molar-refractivity contribution in [1.29, 1.82) is 0 Å². The van der Waals surface area contributed by atoms with Crippen molar-refractivity contribution in [2.45, 2.75) is 84.3 Å². The topological polar surface area (TPSA) is 167 Å². The molecule has 1 saturated heterocycles. The highest BCUT2D eigenvalue weighted by atomic mass is 16.8. The average molecular weight is 502 g/mol. The third-order valence-corrected chi connectivity index (χ3v) is 4.45. The maximum atomic E-state index is 12.3. The molecule has 1 aliphatic heterocycles. The van der Waals surface area contributed by atoms with Gasteiger partial charge in [-0.2, -0.15) is 0 Å². The number of methoxy groups -OCH3 is 1. The van der Waals surface area contributed by atoms with Gasteiger partial charge in [-0.05, 0) is 0 Å². The van der Waals surface area contributed by atoms with E-state index >= 15 is 0 Å². The summed E-state index contributed by atoms with van der Waals surface area (Å²) in [5, 5.41) is 0. The zero-order valence-corrected chi connectivity index (χ0v) is 20.2. The van der Waals surface area contributed by atoms with Crippen molar-refractivity contribution in [2.75, 3.05) is 7.11 Å². The summed E-state index contributed by atoms with van der Waals surface area (Å²) in [7, 11) is 1.10. The van der Waals surface area contributed by atoms with Crippen LogP contribution >= 0.6 is 0 Å². The highest BCUT2D eigenvalue weighted by Crippen LogP contribution is 2.31. The SMILES string of the molecule is CCC(=O)O[C@@H]1O[C@H](OC(=O)/C=C/C(=O)OC)[C@H](OC(=O)CC)[C@@H](OC(=O)CC)[C@H]1OC(=O)CC. The van der Waals surface area contributed by atoms with Gasteiger partial charge in [0.05, 0.1) is 7.11 Å². The molecule has 196 valence electrons. The van der Waals surface area contributed by atoms with Gasteiger partial charge in [-0.3, -0.25) is 23.9 Å². The van der Waals surface area contributed by atoms with Gasteiger partial charge in [-0.1, -0.05) is 27.7 Å². The van der Waals surface area contributed by atoms with E-state index < -0.39 is 66.7 Å². The second-order valence-corrected chi connectivity index (χ2v) is 6.93. The molecule has 0 spiro atoms. The predicted octanol–water partition coefficient (Wildman–Crippen LogP) is 0.860. The molecule has 13 nitrogen and oxygen atoms in total. The fourth-order valence-electron chi connectivity index (χ4n) is 2.63. The Morgan fingerprint density at radius 1 is 0.571 bits per heavy atom. The zero-order valence-electron chi connectivity index (χ0n) is 20.2. The summed E-state index contributed by atoms with van der Waals surface area (Å²) in [6.45, 7) is 5.97. The van der Waals surface area contributed by atoms with Crippen LogP contribution in [-0.2, 0) is 61.9 Å². The second-order valence-electron chi connectivity index (χ2n) is 6.93. The lowest BCUT2D eigenvalue weighted by Crippen LogP contribution is -2.63. The van der Waals surface area contributed by atoms with Crippen LogP contribution < -0.4 is 0 Å². The Morgan fingerprint density at radius 2 is 0.943 bits per heavy atom. The van der Waals surface area contributed by atoms with Gasteiger partial charge in [0.2, 0.25) is 24.8 Å². The Bertz CT molecular complexity index is 818. The summed E-state index contributed by atoms with van der Waals surface area (Å²) < 4.78 is 36.3. The Hall–Kier alpha value is -3.48. The molecule has 1 aliphatic rings. The van der Waals surface area contributed by atoms with Crippen LogP contribution in [0.3, 0.4) is 0 Å². The summed E-state index contributed by atoms with van der Waals surface area (Å²) in [6.07, 6.45) is -7.10. The molecule has 0 aliphatic carbocycles. The van der Waals surface area contributed by atoms with Crippen molar-refractivity contribution in [3.05, 3.63) is 12.2 Å². The standard InChI is InChI=1S/C22H30O13/c1-6-12(23)30-18-19(31-13(24)7-2)21(33-15(26)9-4)35-22(20(18)32-14(25)8-3)34-17(28)11-10-16(27)29-5/h10-11,18-22H,6-9H2,1-5H3/b11-10+/t18-,19+,20+,21+,22-/m0/s1. The summed E-state index contributed by atoms with van der Waals surface area (Å²) in [5.41, 5.74) is 0. The Balaban J connectivity index is 3.46. The van der Waals surface area contributed by atoms with E-state index in [9.17, 15) is 28.8 Å². The van der Waals surface area contributed by atoms with Gasteiger partial charge < -0.3 is 28.4 Å². The maximum absolute atomic E-state index is 12.3. The molecular formula is C22H30O13. The third-order valence-electron chi connectivity index (χ3n) is 4.45. The molecule has 0 radical (unpaired) electrons. The summed E-state index contributed by atoms with van der Waals surface area (Å²) in [4.78, 5) is 72.0. The van der Waals surface area contributed by atoms with Crippen molar-refractivity contribution in [3.8, 4) is 0 Å². The number of hydrogen-bond acceptors (Lipinski definition) is 13. The Labute approximate surface area is 201 Å². The second kappa shape index (κ2) is 14.7. The van der Waals surface area contributed by atoms with Crippen molar-refractivity contribution < 1.29 is 61.9 Å². The predicted molar refractivity (Wildman–Crippen MR) is 113 cm³/mol. The van der Waals surface area contributed by atoms with Crippen molar-refractivity contribution in [1.82, 2.24) is 0 Å². The molecule has 0 unspecified atom stereocenters. The van der Waals surface area contributed by atoms with E-state index in [0.717, 1.165) is 19.3 Å². The number of ether oxygens (including phenoxy) is 7. The van der Waals surface area contributed by atoms with Crippen LogP contribution in [0.15, 0.2) is 12.2 Å². The monoisotopic (exact) mass is 502 g/mol. The Morgan fingerprint density at radius 3 is 1.37 bits per heavy atom. The van der Waals surface area contributed by atoms with E-state index in [-0.39, 0.29) is 25.7 Å². The van der Waals surface area contributed by atoms with Crippen LogP contribution in [0.25, 0.3) is 0 Å². The molecule has 1 rings (SSSR count). The first-order valence-electron chi connectivity index (χ1n) is 11.0. The molecule has 0 bridgehead atoms. The molecule has 5 atom stereocenters. The minimum absolute atomic E-state index is 0.0878. The number of carbonyl (C=O) groups is 6. The van der Waals surface area contributed by atoms with Gasteiger partial charge >= 0.3 is 35.8 Å².